The Labute approximate surface area is 151 Å². The van der Waals surface area contributed by atoms with E-state index in [2.05, 4.69) is 16.3 Å². The minimum atomic E-state index is 0.0201. The van der Waals surface area contributed by atoms with E-state index in [0.717, 1.165) is 36.3 Å². The number of amides is 2. The van der Waals surface area contributed by atoms with Crippen molar-refractivity contribution in [1.82, 2.24) is 9.80 Å². The van der Waals surface area contributed by atoms with Crippen LogP contribution in [0.15, 0.2) is 18.2 Å². The summed E-state index contributed by atoms with van der Waals surface area (Å²) in [5.74, 6) is 0. The summed E-state index contributed by atoms with van der Waals surface area (Å²) in [5.41, 5.74) is 3.11. The Morgan fingerprint density at radius 3 is 2.76 bits per heavy atom. The van der Waals surface area contributed by atoms with E-state index < -0.39 is 0 Å². The number of rotatable bonds is 5. The number of ether oxygens (including phenoxy) is 1. The molecule has 138 valence electrons. The third kappa shape index (κ3) is 4.53. The van der Waals surface area contributed by atoms with Crippen LogP contribution in [0, 0.1) is 6.92 Å². The normalized spacial score (nSPS) is 21.3. The number of likely N-dealkylation sites (tertiary alicyclic amines) is 2. The summed E-state index contributed by atoms with van der Waals surface area (Å²) in [6.45, 7) is 10.8. The van der Waals surface area contributed by atoms with Crippen molar-refractivity contribution in [3.63, 3.8) is 0 Å². The van der Waals surface area contributed by atoms with Gasteiger partial charge in [-0.05, 0) is 70.3 Å². The highest BCUT2D eigenvalue weighted by atomic mass is 16.5. The van der Waals surface area contributed by atoms with Gasteiger partial charge in [-0.15, -0.1) is 0 Å². The summed E-state index contributed by atoms with van der Waals surface area (Å²) in [6.07, 6.45) is 3.89. The molecule has 0 spiro atoms. The highest BCUT2D eigenvalue weighted by Crippen LogP contribution is 2.23. The summed E-state index contributed by atoms with van der Waals surface area (Å²) in [7, 11) is 0. The first-order valence-electron chi connectivity index (χ1n) is 9.54. The fourth-order valence-corrected chi connectivity index (χ4v) is 3.76. The Morgan fingerprint density at radius 2 is 2.04 bits per heavy atom. The molecule has 2 aliphatic heterocycles. The number of carbonyl (C=O) groups excluding carboxylic acids is 1. The molecule has 2 heterocycles. The predicted octanol–water partition coefficient (Wildman–Crippen LogP) is 3.62. The topological polar surface area (TPSA) is 44.8 Å². The fourth-order valence-electron chi connectivity index (χ4n) is 3.76. The molecule has 1 aromatic carbocycles. The molecule has 0 saturated carbocycles. The molecule has 2 aliphatic rings. The first kappa shape index (κ1) is 18.2. The summed E-state index contributed by atoms with van der Waals surface area (Å²) in [4.78, 5) is 17.2. The van der Waals surface area contributed by atoms with Crippen LogP contribution in [0.5, 0.6) is 0 Å². The second-order valence-electron chi connectivity index (χ2n) is 7.51. The lowest BCUT2D eigenvalue weighted by molar-refractivity contribution is 0.0654. The number of nitrogens with zero attached hydrogens (tertiary/aromatic N) is 2. The second-order valence-corrected chi connectivity index (χ2v) is 7.51. The number of carbonyl (C=O) groups is 1. The van der Waals surface area contributed by atoms with Crippen molar-refractivity contribution < 1.29 is 9.53 Å². The van der Waals surface area contributed by atoms with Crippen LogP contribution in [0.25, 0.3) is 0 Å². The van der Waals surface area contributed by atoms with Gasteiger partial charge in [-0.2, -0.15) is 0 Å². The van der Waals surface area contributed by atoms with Crippen molar-refractivity contribution >= 4 is 11.7 Å². The van der Waals surface area contributed by atoms with E-state index in [4.69, 9.17) is 4.74 Å². The SMILES string of the molecule is Cc1c(COC(C)C)cccc1NC(=O)N1CC[C@H](N2CCCC2)C1. The molecule has 0 aliphatic carbocycles. The van der Waals surface area contributed by atoms with Gasteiger partial charge in [0.15, 0.2) is 0 Å². The predicted molar refractivity (Wildman–Crippen MR) is 101 cm³/mol. The highest BCUT2D eigenvalue weighted by Gasteiger charge is 2.31. The van der Waals surface area contributed by atoms with Gasteiger partial charge in [0.2, 0.25) is 0 Å². The van der Waals surface area contributed by atoms with Crippen LogP contribution in [0.2, 0.25) is 0 Å². The Morgan fingerprint density at radius 1 is 1.28 bits per heavy atom. The number of benzene rings is 1. The van der Waals surface area contributed by atoms with Gasteiger partial charge in [0, 0.05) is 24.8 Å². The first-order chi connectivity index (χ1) is 12.0. The largest absolute Gasteiger partial charge is 0.374 e. The molecule has 5 heteroatoms. The number of urea groups is 1. The molecule has 2 saturated heterocycles. The molecule has 0 unspecified atom stereocenters. The zero-order valence-electron chi connectivity index (χ0n) is 15.8. The molecule has 1 atom stereocenters. The fraction of sp³-hybridized carbons (Fsp3) is 0.650. The van der Waals surface area contributed by atoms with Gasteiger partial charge < -0.3 is 15.0 Å². The molecule has 1 aromatic rings. The van der Waals surface area contributed by atoms with Gasteiger partial charge in [0.05, 0.1) is 12.7 Å². The van der Waals surface area contributed by atoms with Crippen LogP contribution in [-0.2, 0) is 11.3 Å². The van der Waals surface area contributed by atoms with Crippen molar-refractivity contribution in [2.45, 2.75) is 58.8 Å². The Hall–Kier alpha value is -1.59. The summed E-state index contributed by atoms with van der Waals surface area (Å²) < 4.78 is 5.71. The highest BCUT2D eigenvalue weighted by molar-refractivity contribution is 5.90. The zero-order valence-corrected chi connectivity index (χ0v) is 15.8. The second kappa shape index (κ2) is 8.19. The zero-order chi connectivity index (χ0) is 17.8. The van der Waals surface area contributed by atoms with E-state index in [0.29, 0.717) is 12.6 Å². The smallest absolute Gasteiger partial charge is 0.321 e. The standard InChI is InChI=1S/C20H31N3O2/c1-15(2)25-14-17-7-6-8-19(16(17)3)21-20(24)23-12-9-18(13-23)22-10-4-5-11-22/h6-8,15,18H,4-5,9-14H2,1-3H3,(H,21,24)/t18-/m0/s1. The average molecular weight is 345 g/mol. The third-order valence-corrected chi connectivity index (χ3v) is 5.37. The Balaban J connectivity index is 1.58. The van der Waals surface area contributed by atoms with Crippen LogP contribution < -0.4 is 5.32 Å². The number of hydrogen-bond acceptors (Lipinski definition) is 3. The van der Waals surface area contributed by atoms with Crippen LogP contribution in [0.4, 0.5) is 10.5 Å². The minimum Gasteiger partial charge on any atom is -0.374 e. The number of nitrogens with one attached hydrogen (secondary N) is 1. The molecule has 0 bridgehead atoms. The van der Waals surface area contributed by atoms with Crippen molar-refractivity contribution in [3.05, 3.63) is 29.3 Å². The van der Waals surface area contributed by atoms with Gasteiger partial charge in [0.1, 0.15) is 0 Å². The maximum Gasteiger partial charge on any atom is 0.321 e. The van der Waals surface area contributed by atoms with Crippen LogP contribution in [0.3, 0.4) is 0 Å². The maximum atomic E-state index is 12.7. The van der Waals surface area contributed by atoms with Crippen molar-refractivity contribution in [1.29, 1.82) is 0 Å². The molecule has 2 amide bonds. The summed E-state index contributed by atoms with van der Waals surface area (Å²) in [5, 5.41) is 3.10. The molecule has 3 rings (SSSR count). The van der Waals surface area contributed by atoms with E-state index in [1.54, 1.807) is 0 Å². The minimum absolute atomic E-state index is 0.0201. The van der Waals surface area contributed by atoms with E-state index in [1.165, 1.54) is 25.9 Å². The molecular formula is C20H31N3O2. The lowest BCUT2D eigenvalue weighted by Crippen LogP contribution is -2.38. The monoisotopic (exact) mass is 345 g/mol. The third-order valence-electron chi connectivity index (χ3n) is 5.37. The van der Waals surface area contributed by atoms with Gasteiger partial charge in [-0.3, -0.25) is 4.90 Å². The molecule has 25 heavy (non-hydrogen) atoms. The van der Waals surface area contributed by atoms with Gasteiger partial charge in [-0.25, -0.2) is 4.79 Å². The van der Waals surface area contributed by atoms with Gasteiger partial charge >= 0.3 is 6.03 Å². The van der Waals surface area contributed by atoms with E-state index in [9.17, 15) is 4.79 Å². The maximum absolute atomic E-state index is 12.7. The Kier molecular flexibility index (Phi) is 5.97. The molecule has 1 N–H and O–H groups in total. The number of hydrogen-bond donors (Lipinski definition) is 1. The van der Waals surface area contributed by atoms with E-state index in [1.807, 2.05) is 37.8 Å². The van der Waals surface area contributed by atoms with E-state index >= 15 is 0 Å². The van der Waals surface area contributed by atoms with Crippen molar-refractivity contribution in [2.24, 2.45) is 0 Å². The number of anilines is 1. The quantitative estimate of drug-likeness (QED) is 0.886. The van der Waals surface area contributed by atoms with E-state index in [-0.39, 0.29) is 12.1 Å². The summed E-state index contributed by atoms with van der Waals surface area (Å²) in [6, 6.07) is 6.58. The molecule has 0 aromatic heterocycles. The van der Waals surface area contributed by atoms with Crippen LogP contribution in [-0.4, -0.2) is 54.2 Å². The lowest BCUT2D eigenvalue weighted by atomic mass is 10.1. The van der Waals surface area contributed by atoms with Crippen LogP contribution in [0.1, 0.15) is 44.2 Å². The van der Waals surface area contributed by atoms with Gasteiger partial charge in [0.25, 0.3) is 0 Å². The average Bonchev–Trinajstić information content (AvgIpc) is 3.26. The molecular weight excluding hydrogens is 314 g/mol. The van der Waals surface area contributed by atoms with Crippen LogP contribution >= 0.6 is 0 Å². The molecule has 2 fully saturated rings. The summed E-state index contributed by atoms with van der Waals surface area (Å²) >= 11 is 0. The lowest BCUT2D eigenvalue weighted by Gasteiger charge is -2.24. The Bertz CT molecular complexity index is 597. The molecule has 0 radical (unpaired) electrons. The van der Waals surface area contributed by atoms with Gasteiger partial charge in [-0.1, -0.05) is 12.1 Å². The first-order valence-corrected chi connectivity index (χ1v) is 9.54. The molecule has 5 nitrogen and oxygen atoms in total. The van der Waals surface area contributed by atoms with Crippen molar-refractivity contribution in [2.75, 3.05) is 31.5 Å². The van der Waals surface area contributed by atoms with Crippen molar-refractivity contribution in [3.8, 4) is 0 Å².